The molecule has 0 radical (unpaired) electrons. The Morgan fingerprint density at radius 1 is 1.00 bits per heavy atom. The number of hydrogen-bond donors (Lipinski definition) is 1. The van der Waals surface area contributed by atoms with Crippen LogP contribution >= 0.6 is 15.9 Å². The maximum absolute atomic E-state index is 13.3. The van der Waals surface area contributed by atoms with Crippen molar-refractivity contribution in [3.05, 3.63) is 103 Å². The molecule has 1 unspecified atom stereocenters. The zero-order valence-electron chi connectivity index (χ0n) is 20.9. The molecule has 0 saturated carbocycles. The van der Waals surface area contributed by atoms with E-state index in [-0.39, 0.29) is 27.1 Å². The monoisotopic (exact) mass is 596 g/mol. The van der Waals surface area contributed by atoms with Crippen LogP contribution in [0.2, 0.25) is 0 Å². The summed E-state index contributed by atoms with van der Waals surface area (Å²) in [6.07, 6.45) is 0.433. The van der Waals surface area contributed by atoms with Crippen LogP contribution in [0.3, 0.4) is 0 Å². The van der Waals surface area contributed by atoms with Gasteiger partial charge in [-0.1, -0.05) is 37.3 Å². The summed E-state index contributed by atoms with van der Waals surface area (Å²) < 4.78 is 5.85. The lowest BCUT2D eigenvalue weighted by atomic mass is 9.98. The molecule has 1 aliphatic heterocycles. The highest BCUT2D eigenvalue weighted by Gasteiger charge is 2.29. The average Bonchev–Trinajstić information content (AvgIpc) is 2.93. The molecular weight excluding hydrogens is 572 g/mol. The summed E-state index contributed by atoms with van der Waals surface area (Å²) in [4.78, 5) is 50.1. The Morgan fingerprint density at radius 2 is 1.69 bits per heavy atom. The van der Waals surface area contributed by atoms with Crippen LogP contribution in [0.4, 0.5) is 22.7 Å². The van der Waals surface area contributed by atoms with E-state index >= 15 is 0 Å². The molecule has 1 atom stereocenters. The van der Waals surface area contributed by atoms with Gasteiger partial charge in [-0.15, -0.1) is 0 Å². The number of anilines is 2. The summed E-state index contributed by atoms with van der Waals surface area (Å²) in [6, 6.07) is 16.3. The fourth-order valence-corrected chi connectivity index (χ4v) is 4.77. The first-order chi connectivity index (χ1) is 18.6. The lowest BCUT2D eigenvalue weighted by molar-refractivity contribution is -0.384. The fraction of sp³-hybridized carbons (Fsp3) is 0.259. The molecule has 0 aliphatic carbocycles. The van der Waals surface area contributed by atoms with Crippen LogP contribution in [0, 0.1) is 26.1 Å². The van der Waals surface area contributed by atoms with Gasteiger partial charge in [0.2, 0.25) is 6.10 Å². The van der Waals surface area contributed by atoms with Crippen molar-refractivity contribution in [3.8, 4) is 0 Å². The van der Waals surface area contributed by atoms with Crippen LogP contribution in [0.1, 0.15) is 41.8 Å². The number of carbonyl (C=O) groups is 2. The van der Waals surface area contributed by atoms with E-state index in [9.17, 15) is 29.8 Å². The van der Waals surface area contributed by atoms with Gasteiger partial charge in [-0.05, 0) is 52.9 Å². The van der Waals surface area contributed by atoms with E-state index in [1.165, 1.54) is 36.4 Å². The number of nitrogens with one attached hydrogen (secondary N) is 1. The van der Waals surface area contributed by atoms with E-state index < -0.39 is 27.8 Å². The highest BCUT2D eigenvalue weighted by atomic mass is 79.9. The van der Waals surface area contributed by atoms with E-state index in [0.717, 1.165) is 12.8 Å². The molecule has 1 N–H and O–H groups in total. The zero-order chi connectivity index (χ0) is 28.1. The van der Waals surface area contributed by atoms with Gasteiger partial charge in [0.15, 0.2) is 0 Å². The number of carbonyl (C=O) groups excluding carboxylic acids is 2. The highest BCUT2D eigenvalue weighted by molar-refractivity contribution is 9.10. The Kier molecular flexibility index (Phi) is 8.55. The number of nitro groups is 2. The average molecular weight is 597 g/mol. The Morgan fingerprint density at radius 3 is 2.31 bits per heavy atom. The number of piperidine rings is 1. The molecular formula is C27H25BrN4O7. The first-order valence-electron chi connectivity index (χ1n) is 12.2. The number of ether oxygens (including phenoxy) is 1. The molecule has 11 nitrogen and oxygen atoms in total. The maximum atomic E-state index is 13.3. The minimum absolute atomic E-state index is 0.0684. The normalized spacial score (nSPS) is 14.4. The van der Waals surface area contributed by atoms with E-state index in [2.05, 4.69) is 28.2 Å². The molecule has 1 saturated heterocycles. The number of non-ortho nitro benzene ring substituents is 1. The minimum atomic E-state index is -1.40. The third-order valence-electron chi connectivity index (χ3n) is 6.52. The van der Waals surface area contributed by atoms with Crippen LogP contribution < -0.4 is 10.2 Å². The van der Waals surface area contributed by atoms with Crippen LogP contribution in [-0.2, 0) is 9.53 Å². The van der Waals surface area contributed by atoms with E-state index in [1.54, 1.807) is 30.3 Å². The van der Waals surface area contributed by atoms with Gasteiger partial charge in [-0.2, -0.15) is 0 Å². The number of nitrogens with zero attached hydrogens (tertiary/aromatic N) is 3. The van der Waals surface area contributed by atoms with Gasteiger partial charge in [0.1, 0.15) is 5.69 Å². The quantitative estimate of drug-likeness (QED) is 0.188. The Hall–Kier alpha value is -4.32. The second kappa shape index (κ2) is 12.0. The summed E-state index contributed by atoms with van der Waals surface area (Å²) in [5.74, 6) is -1.08. The number of benzene rings is 3. The van der Waals surface area contributed by atoms with E-state index in [1.807, 2.05) is 4.90 Å². The predicted octanol–water partition coefficient (Wildman–Crippen LogP) is 6.04. The largest absolute Gasteiger partial charge is 0.444 e. The molecule has 0 spiro atoms. The van der Waals surface area contributed by atoms with Crippen LogP contribution in [0.15, 0.2) is 71.2 Å². The van der Waals surface area contributed by atoms with Crippen molar-refractivity contribution >= 4 is 50.6 Å². The molecule has 3 aromatic carbocycles. The molecule has 1 heterocycles. The summed E-state index contributed by atoms with van der Waals surface area (Å²) in [6.45, 7) is 3.50. The van der Waals surface area contributed by atoms with Crippen LogP contribution in [0.25, 0.3) is 0 Å². The van der Waals surface area contributed by atoms with Gasteiger partial charge < -0.3 is 15.0 Å². The summed E-state index contributed by atoms with van der Waals surface area (Å²) in [7, 11) is 0. The van der Waals surface area contributed by atoms with E-state index in [0.29, 0.717) is 30.3 Å². The molecule has 1 fully saturated rings. The molecule has 1 amide bonds. The highest BCUT2D eigenvalue weighted by Crippen LogP contribution is 2.34. The van der Waals surface area contributed by atoms with Crippen molar-refractivity contribution in [3.63, 3.8) is 0 Å². The van der Waals surface area contributed by atoms with Crippen LogP contribution in [0.5, 0.6) is 0 Å². The maximum Gasteiger partial charge on any atom is 0.339 e. The van der Waals surface area contributed by atoms with Gasteiger partial charge >= 0.3 is 5.97 Å². The first-order valence-corrected chi connectivity index (χ1v) is 13.0. The standard InChI is InChI=1S/C27H25BrN4O7/c1-17-11-13-30(14-12-17)23-10-7-19(15-24(23)32(37)38)27(34)39-25(18-5-3-2-4-6-18)26(33)29-22-9-8-20(31(35)36)16-21(22)28/h2-10,15-17,25H,11-14H2,1H3,(H,29,33). The molecule has 12 heteroatoms. The summed E-state index contributed by atoms with van der Waals surface area (Å²) in [5, 5.41) is 25.5. The smallest absolute Gasteiger partial charge is 0.339 e. The van der Waals surface area contributed by atoms with Gasteiger partial charge in [-0.25, -0.2) is 4.79 Å². The van der Waals surface area contributed by atoms with Crippen molar-refractivity contribution in [1.29, 1.82) is 0 Å². The third kappa shape index (κ3) is 6.58. The fourth-order valence-electron chi connectivity index (χ4n) is 4.31. The van der Waals surface area contributed by atoms with E-state index in [4.69, 9.17) is 4.74 Å². The van der Waals surface area contributed by atoms with Gasteiger partial charge in [0.25, 0.3) is 17.3 Å². The van der Waals surface area contributed by atoms with Crippen molar-refractivity contribution in [2.45, 2.75) is 25.9 Å². The number of rotatable bonds is 8. The third-order valence-corrected chi connectivity index (χ3v) is 7.17. The van der Waals surface area contributed by atoms with Gasteiger partial charge in [0, 0.05) is 41.3 Å². The Labute approximate surface area is 232 Å². The lowest BCUT2D eigenvalue weighted by Gasteiger charge is -2.31. The molecule has 1 aliphatic rings. The second-order valence-corrected chi connectivity index (χ2v) is 10.1. The molecule has 0 bridgehead atoms. The van der Waals surface area contributed by atoms with Gasteiger partial charge in [0.05, 0.1) is 21.1 Å². The van der Waals surface area contributed by atoms with Gasteiger partial charge in [-0.3, -0.25) is 25.0 Å². The van der Waals surface area contributed by atoms with Crippen molar-refractivity contribution < 1.29 is 24.2 Å². The molecule has 39 heavy (non-hydrogen) atoms. The molecule has 4 rings (SSSR count). The topological polar surface area (TPSA) is 145 Å². The summed E-state index contributed by atoms with van der Waals surface area (Å²) in [5.41, 5.74) is 0.586. The van der Waals surface area contributed by atoms with Crippen LogP contribution in [-0.4, -0.2) is 34.8 Å². The first kappa shape index (κ1) is 27.7. The molecule has 0 aromatic heterocycles. The molecule has 3 aromatic rings. The second-order valence-electron chi connectivity index (χ2n) is 9.24. The molecule has 202 valence electrons. The minimum Gasteiger partial charge on any atom is -0.444 e. The van der Waals surface area contributed by atoms with Crippen molar-refractivity contribution in [2.75, 3.05) is 23.3 Å². The number of halogens is 1. The lowest BCUT2D eigenvalue weighted by Crippen LogP contribution is -2.33. The van der Waals surface area contributed by atoms with Crippen molar-refractivity contribution in [1.82, 2.24) is 0 Å². The Balaban J connectivity index is 1.59. The number of nitro benzene ring substituents is 2. The number of hydrogen-bond acceptors (Lipinski definition) is 8. The Bertz CT molecular complexity index is 1410. The van der Waals surface area contributed by atoms with Crippen molar-refractivity contribution in [2.24, 2.45) is 5.92 Å². The number of amides is 1. The zero-order valence-corrected chi connectivity index (χ0v) is 22.5. The predicted molar refractivity (Wildman–Crippen MR) is 148 cm³/mol. The SMILES string of the molecule is CC1CCN(c2ccc(C(=O)OC(C(=O)Nc3ccc([N+](=O)[O-])cc3Br)c3ccccc3)cc2[N+](=O)[O-])CC1. The number of esters is 1. The summed E-state index contributed by atoms with van der Waals surface area (Å²) >= 11 is 3.21.